The first-order valence-electron chi connectivity index (χ1n) is 6.49. The minimum Gasteiger partial charge on any atom is -0.494 e. The molecule has 0 aromatic carbocycles. The summed E-state index contributed by atoms with van der Waals surface area (Å²) in [6, 6.07) is 4.97. The average Bonchev–Trinajstić information content (AvgIpc) is 2.95. The zero-order chi connectivity index (χ0) is 15.5. The predicted molar refractivity (Wildman–Crippen MR) is 83.0 cm³/mol. The molecule has 0 amide bonds. The van der Waals surface area contributed by atoms with E-state index in [0.717, 1.165) is 16.9 Å². The fourth-order valence-electron chi connectivity index (χ4n) is 2.01. The van der Waals surface area contributed by atoms with Gasteiger partial charge in [-0.05, 0) is 35.1 Å². The number of rotatable bonds is 6. The quantitative estimate of drug-likeness (QED) is 0.886. The predicted octanol–water partition coefficient (Wildman–Crippen LogP) is 2.83. The van der Waals surface area contributed by atoms with Crippen LogP contribution in [-0.2, 0) is 10.0 Å². The van der Waals surface area contributed by atoms with Crippen molar-refractivity contribution in [2.24, 2.45) is 5.92 Å². The van der Waals surface area contributed by atoms with Gasteiger partial charge in [0.05, 0.1) is 7.11 Å². The molecule has 1 atom stereocenters. The van der Waals surface area contributed by atoms with E-state index < -0.39 is 10.0 Å². The third kappa shape index (κ3) is 3.61. The minimum atomic E-state index is -3.63. The lowest BCUT2D eigenvalue weighted by Gasteiger charge is -2.22. The Kier molecular flexibility index (Phi) is 4.97. The van der Waals surface area contributed by atoms with Gasteiger partial charge in [-0.1, -0.05) is 13.8 Å². The number of aromatic nitrogens is 1. The van der Waals surface area contributed by atoms with Crippen molar-refractivity contribution in [2.75, 3.05) is 7.11 Å². The van der Waals surface area contributed by atoms with Crippen LogP contribution in [-0.4, -0.2) is 20.5 Å². The SMILES string of the molecule is COc1ccsc1S(=O)(=O)NC(c1ccncc1)C(C)C. The van der Waals surface area contributed by atoms with Crippen LogP contribution in [0, 0.1) is 5.92 Å². The molecule has 1 N–H and O–H groups in total. The lowest BCUT2D eigenvalue weighted by atomic mass is 9.98. The van der Waals surface area contributed by atoms with Gasteiger partial charge in [0.25, 0.3) is 10.0 Å². The molecule has 0 aliphatic carbocycles. The number of thiophene rings is 1. The summed E-state index contributed by atoms with van der Waals surface area (Å²) in [6.07, 6.45) is 3.31. The molecule has 0 saturated heterocycles. The van der Waals surface area contributed by atoms with Crippen LogP contribution < -0.4 is 9.46 Å². The number of ether oxygens (including phenoxy) is 1. The van der Waals surface area contributed by atoms with Crippen LogP contribution in [0.1, 0.15) is 25.5 Å². The van der Waals surface area contributed by atoms with Crippen molar-refractivity contribution in [3.05, 3.63) is 41.5 Å². The van der Waals surface area contributed by atoms with Crippen molar-refractivity contribution in [1.82, 2.24) is 9.71 Å². The highest BCUT2D eigenvalue weighted by atomic mass is 32.2. The first-order valence-corrected chi connectivity index (χ1v) is 8.85. The Morgan fingerprint density at radius 3 is 2.48 bits per heavy atom. The number of pyridine rings is 1. The van der Waals surface area contributed by atoms with Crippen molar-refractivity contribution >= 4 is 21.4 Å². The van der Waals surface area contributed by atoms with Crippen LogP contribution in [0.15, 0.2) is 40.2 Å². The number of hydrogen-bond acceptors (Lipinski definition) is 5. The minimum absolute atomic E-state index is 0.105. The summed E-state index contributed by atoms with van der Waals surface area (Å²) in [5, 5.41) is 1.70. The van der Waals surface area contributed by atoms with Gasteiger partial charge in [-0.25, -0.2) is 13.1 Å². The summed E-state index contributed by atoms with van der Waals surface area (Å²) < 4.78 is 33.2. The number of methoxy groups -OCH3 is 1. The summed E-state index contributed by atoms with van der Waals surface area (Å²) in [7, 11) is -2.17. The van der Waals surface area contributed by atoms with E-state index >= 15 is 0 Å². The molecule has 2 aromatic rings. The molecule has 0 spiro atoms. The van der Waals surface area contributed by atoms with Gasteiger partial charge in [0.15, 0.2) is 4.21 Å². The first kappa shape index (κ1) is 15.9. The van der Waals surface area contributed by atoms with Gasteiger partial charge in [0.1, 0.15) is 5.75 Å². The van der Waals surface area contributed by atoms with Gasteiger partial charge < -0.3 is 4.74 Å². The molecular weight excluding hydrogens is 308 g/mol. The fourth-order valence-corrected chi connectivity index (χ4v) is 4.68. The van der Waals surface area contributed by atoms with Crippen LogP contribution in [0.2, 0.25) is 0 Å². The van der Waals surface area contributed by atoms with Crippen molar-refractivity contribution in [3.63, 3.8) is 0 Å². The van der Waals surface area contributed by atoms with E-state index in [2.05, 4.69) is 9.71 Å². The summed E-state index contributed by atoms with van der Waals surface area (Å²) in [5.74, 6) is 0.470. The Balaban J connectivity index is 2.33. The van der Waals surface area contributed by atoms with Crippen LogP contribution in [0.4, 0.5) is 0 Å². The van der Waals surface area contributed by atoms with Crippen LogP contribution >= 0.6 is 11.3 Å². The van der Waals surface area contributed by atoms with E-state index in [1.807, 2.05) is 26.0 Å². The Morgan fingerprint density at radius 2 is 1.90 bits per heavy atom. The summed E-state index contributed by atoms with van der Waals surface area (Å²) in [4.78, 5) is 3.97. The monoisotopic (exact) mass is 326 g/mol. The van der Waals surface area contributed by atoms with Crippen molar-refractivity contribution in [1.29, 1.82) is 0 Å². The number of nitrogens with zero attached hydrogens (tertiary/aromatic N) is 1. The molecule has 2 rings (SSSR count). The third-order valence-electron chi connectivity index (χ3n) is 3.07. The van der Waals surface area contributed by atoms with Gasteiger partial charge >= 0.3 is 0 Å². The van der Waals surface area contributed by atoms with Crippen molar-refractivity contribution in [2.45, 2.75) is 24.1 Å². The van der Waals surface area contributed by atoms with Crippen LogP contribution in [0.5, 0.6) is 5.75 Å². The van der Waals surface area contributed by atoms with E-state index in [1.54, 1.807) is 23.8 Å². The van der Waals surface area contributed by atoms with Crippen molar-refractivity contribution in [3.8, 4) is 5.75 Å². The largest absolute Gasteiger partial charge is 0.494 e. The normalized spacial score (nSPS) is 13.3. The summed E-state index contributed by atoms with van der Waals surface area (Å²) in [6.45, 7) is 3.94. The maximum Gasteiger partial charge on any atom is 0.254 e. The Hall–Kier alpha value is -1.44. The highest BCUT2D eigenvalue weighted by molar-refractivity contribution is 7.91. The lowest BCUT2D eigenvalue weighted by Crippen LogP contribution is -2.31. The molecule has 0 bridgehead atoms. The Labute approximate surface area is 129 Å². The molecule has 0 fully saturated rings. The van der Waals surface area contributed by atoms with Crippen molar-refractivity contribution < 1.29 is 13.2 Å². The van der Waals surface area contributed by atoms with Gasteiger partial charge in [0, 0.05) is 18.4 Å². The molecule has 0 aliphatic heterocycles. The van der Waals surface area contributed by atoms with E-state index in [-0.39, 0.29) is 16.2 Å². The highest BCUT2D eigenvalue weighted by Gasteiger charge is 2.27. The molecule has 2 aromatic heterocycles. The van der Waals surface area contributed by atoms with E-state index in [9.17, 15) is 8.42 Å². The standard InChI is InChI=1S/C14H18N2O3S2/c1-10(2)13(11-4-7-15-8-5-11)16-21(17,18)14-12(19-3)6-9-20-14/h4-10,13,16H,1-3H3. The molecule has 7 heteroatoms. The van der Waals surface area contributed by atoms with Gasteiger partial charge in [-0.15, -0.1) is 11.3 Å². The summed E-state index contributed by atoms with van der Waals surface area (Å²) in [5.41, 5.74) is 0.888. The van der Waals surface area contributed by atoms with E-state index in [1.165, 1.54) is 7.11 Å². The topological polar surface area (TPSA) is 68.3 Å². The zero-order valence-corrected chi connectivity index (χ0v) is 13.7. The van der Waals surface area contributed by atoms with Crippen LogP contribution in [0.3, 0.4) is 0 Å². The fraction of sp³-hybridized carbons (Fsp3) is 0.357. The molecule has 0 saturated carbocycles. The molecule has 1 unspecified atom stereocenters. The van der Waals surface area contributed by atoms with E-state index in [0.29, 0.717) is 5.75 Å². The highest BCUT2D eigenvalue weighted by Crippen LogP contribution is 2.31. The Bertz CT molecular complexity index is 681. The molecular formula is C14H18N2O3S2. The molecule has 5 nitrogen and oxygen atoms in total. The molecule has 0 aliphatic rings. The molecule has 2 heterocycles. The van der Waals surface area contributed by atoms with Gasteiger partial charge in [0.2, 0.25) is 0 Å². The second-order valence-electron chi connectivity index (χ2n) is 4.90. The lowest BCUT2D eigenvalue weighted by molar-refractivity contribution is 0.404. The zero-order valence-electron chi connectivity index (χ0n) is 12.1. The number of sulfonamides is 1. The second-order valence-corrected chi connectivity index (χ2v) is 7.73. The summed E-state index contributed by atoms with van der Waals surface area (Å²) >= 11 is 1.14. The first-order chi connectivity index (χ1) is 9.95. The average molecular weight is 326 g/mol. The smallest absolute Gasteiger partial charge is 0.254 e. The van der Waals surface area contributed by atoms with E-state index in [4.69, 9.17) is 4.74 Å². The number of nitrogens with one attached hydrogen (secondary N) is 1. The van der Waals surface area contributed by atoms with Gasteiger partial charge in [-0.3, -0.25) is 4.98 Å². The second kappa shape index (κ2) is 6.55. The molecule has 21 heavy (non-hydrogen) atoms. The molecule has 0 radical (unpaired) electrons. The Morgan fingerprint density at radius 1 is 1.24 bits per heavy atom. The number of hydrogen-bond donors (Lipinski definition) is 1. The molecule has 114 valence electrons. The maximum atomic E-state index is 12.6. The maximum absolute atomic E-state index is 12.6. The van der Waals surface area contributed by atoms with Crippen LogP contribution in [0.25, 0.3) is 0 Å². The third-order valence-corrected chi connectivity index (χ3v) is 5.96. The van der Waals surface area contributed by atoms with Gasteiger partial charge in [-0.2, -0.15) is 0 Å².